The maximum absolute atomic E-state index is 14.9. The number of rotatable bonds is 4. The number of halogens is 2. The molecule has 1 saturated heterocycles. The number of hydrogen-bond donors (Lipinski definition) is 3. The van der Waals surface area contributed by atoms with Gasteiger partial charge >= 0.3 is 0 Å². The molecule has 4 heterocycles. The lowest BCUT2D eigenvalue weighted by molar-refractivity contribution is 0.0938. The smallest absolute Gasteiger partial charge is 0.263 e. The standard InChI is InChI=1S/C23H26F2N6OS/c1-11-2-4-15-19(27)20(33-23(15)28-11)22(32)29-14-3-5-18-12(6-14)7-16(25)21(30-18)31-9-13(8-24)17(26)10-31/h2,4,7,13-14,17H,3,5-6,8-10,26-27H2,1H3,(H,29,32). The normalized spacial score (nSPS) is 22.5. The van der Waals surface area contributed by atoms with Crippen LogP contribution in [0.25, 0.3) is 10.2 Å². The summed E-state index contributed by atoms with van der Waals surface area (Å²) in [7, 11) is 0. The number of hydrogen-bond acceptors (Lipinski definition) is 7. The number of carbonyl (C=O) groups excluding carboxylic acids is 1. The average molecular weight is 473 g/mol. The summed E-state index contributed by atoms with van der Waals surface area (Å²) in [4.78, 5) is 24.9. The molecule has 1 fully saturated rings. The van der Waals surface area contributed by atoms with Crippen LogP contribution in [0.3, 0.4) is 0 Å². The lowest BCUT2D eigenvalue weighted by atomic mass is 9.91. The zero-order valence-corrected chi connectivity index (χ0v) is 19.1. The molecule has 5 rings (SSSR count). The van der Waals surface area contributed by atoms with Gasteiger partial charge in [0.15, 0.2) is 11.6 Å². The highest BCUT2D eigenvalue weighted by Gasteiger charge is 2.33. The van der Waals surface area contributed by atoms with Crippen molar-refractivity contribution in [2.45, 2.75) is 38.3 Å². The second-order valence-corrected chi connectivity index (χ2v) is 9.95. The maximum Gasteiger partial charge on any atom is 0.263 e. The molecule has 3 unspecified atom stereocenters. The van der Waals surface area contributed by atoms with Crippen molar-refractivity contribution in [3.05, 3.63) is 45.8 Å². The first-order valence-electron chi connectivity index (χ1n) is 11.0. The van der Waals surface area contributed by atoms with Gasteiger partial charge in [-0.15, -0.1) is 11.3 Å². The number of anilines is 2. The van der Waals surface area contributed by atoms with Gasteiger partial charge in [-0.05, 0) is 49.9 Å². The van der Waals surface area contributed by atoms with Crippen molar-refractivity contribution >= 4 is 39.0 Å². The molecule has 0 spiro atoms. The highest BCUT2D eigenvalue weighted by molar-refractivity contribution is 7.21. The molecule has 3 aromatic rings. The summed E-state index contributed by atoms with van der Waals surface area (Å²) in [6.45, 7) is 2.13. The van der Waals surface area contributed by atoms with E-state index < -0.39 is 12.5 Å². The zero-order chi connectivity index (χ0) is 23.3. The SMILES string of the molecule is Cc1ccc2c(N)c(C(=O)NC3CCc4nc(N5CC(N)C(CF)C5)c(F)cc4C3)sc2n1. The summed E-state index contributed by atoms with van der Waals surface area (Å²) in [6, 6.07) is 4.77. The maximum atomic E-state index is 14.9. The fourth-order valence-electron chi connectivity index (χ4n) is 4.71. The minimum absolute atomic E-state index is 0.146. The second kappa shape index (κ2) is 8.49. The van der Waals surface area contributed by atoms with Crippen molar-refractivity contribution in [1.82, 2.24) is 15.3 Å². The molecule has 1 aliphatic heterocycles. The summed E-state index contributed by atoms with van der Waals surface area (Å²) in [5.74, 6) is -0.747. The lowest BCUT2D eigenvalue weighted by Crippen LogP contribution is -2.39. The van der Waals surface area contributed by atoms with Crippen LogP contribution in [0.15, 0.2) is 18.2 Å². The number of fused-ring (bicyclic) bond motifs is 2. The molecule has 1 amide bonds. The summed E-state index contributed by atoms with van der Waals surface area (Å²) in [5, 5.41) is 3.82. The van der Waals surface area contributed by atoms with E-state index in [0.29, 0.717) is 42.9 Å². The van der Waals surface area contributed by atoms with Gasteiger partial charge in [0.1, 0.15) is 9.71 Å². The van der Waals surface area contributed by atoms with Gasteiger partial charge in [-0.1, -0.05) is 0 Å². The van der Waals surface area contributed by atoms with Crippen LogP contribution >= 0.6 is 11.3 Å². The molecule has 0 radical (unpaired) electrons. The van der Waals surface area contributed by atoms with Gasteiger partial charge in [-0.2, -0.15) is 0 Å². The number of alkyl halides is 1. The summed E-state index contributed by atoms with van der Waals surface area (Å²) in [6.07, 6.45) is 1.79. The molecule has 0 bridgehead atoms. The monoisotopic (exact) mass is 472 g/mol. The number of nitrogens with two attached hydrogens (primary N) is 2. The first-order chi connectivity index (χ1) is 15.8. The Bertz CT molecular complexity index is 1230. The molecule has 33 heavy (non-hydrogen) atoms. The second-order valence-electron chi connectivity index (χ2n) is 8.95. The number of amides is 1. The quantitative estimate of drug-likeness (QED) is 0.539. The van der Waals surface area contributed by atoms with E-state index in [0.717, 1.165) is 27.2 Å². The van der Waals surface area contributed by atoms with Gasteiger partial charge in [0.05, 0.1) is 12.4 Å². The van der Waals surface area contributed by atoms with E-state index in [9.17, 15) is 13.6 Å². The predicted octanol–water partition coefficient (Wildman–Crippen LogP) is 2.74. The highest BCUT2D eigenvalue weighted by atomic mass is 32.1. The molecule has 10 heteroatoms. The fraction of sp³-hybridized carbons (Fsp3) is 0.435. The van der Waals surface area contributed by atoms with Crippen molar-refractivity contribution < 1.29 is 13.6 Å². The van der Waals surface area contributed by atoms with E-state index in [1.54, 1.807) is 4.90 Å². The van der Waals surface area contributed by atoms with E-state index in [1.807, 2.05) is 19.1 Å². The minimum atomic E-state index is -0.522. The highest BCUT2D eigenvalue weighted by Crippen LogP contribution is 2.33. The molecule has 7 nitrogen and oxygen atoms in total. The first-order valence-corrected chi connectivity index (χ1v) is 11.9. The van der Waals surface area contributed by atoms with Crippen LogP contribution in [0.5, 0.6) is 0 Å². The van der Waals surface area contributed by atoms with Crippen LogP contribution in [0.1, 0.15) is 33.0 Å². The largest absolute Gasteiger partial charge is 0.397 e. The Morgan fingerprint density at radius 3 is 2.91 bits per heavy atom. The van der Waals surface area contributed by atoms with E-state index in [-0.39, 0.29) is 29.7 Å². The third kappa shape index (κ3) is 4.02. The van der Waals surface area contributed by atoms with E-state index >= 15 is 0 Å². The first kappa shape index (κ1) is 22.0. The van der Waals surface area contributed by atoms with Crippen molar-refractivity contribution in [2.75, 3.05) is 30.4 Å². The minimum Gasteiger partial charge on any atom is -0.397 e. The summed E-state index contributed by atoms with van der Waals surface area (Å²) >= 11 is 1.28. The number of aromatic nitrogens is 2. The Balaban J connectivity index is 1.31. The number of pyridine rings is 2. The number of aryl methyl sites for hydroxylation is 2. The van der Waals surface area contributed by atoms with Crippen molar-refractivity contribution in [2.24, 2.45) is 11.7 Å². The topological polar surface area (TPSA) is 110 Å². The third-order valence-corrected chi connectivity index (χ3v) is 7.70. The average Bonchev–Trinajstić information content (AvgIpc) is 3.32. The number of nitrogens with zero attached hydrogens (tertiary/aromatic N) is 3. The summed E-state index contributed by atoms with van der Waals surface area (Å²) < 4.78 is 28.0. The van der Waals surface area contributed by atoms with Gasteiger partial charge in [0.25, 0.3) is 5.91 Å². The zero-order valence-electron chi connectivity index (χ0n) is 18.3. The number of nitrogens with one attached hydrogen (secondary N) is 1. The van der Waals surface area contributed by atoms with Crippen LogP contribution in [-0.4, -0.2) is 47.7 Å². The molecule has 0 aromatic carbocycles. The van der Waals surface area contributed by atoms with Gasteiger partial charge in [0.2, 0.25) is 0 Å². The molecule has 174 valence electrons. The van der Waals surface area contributed by atoms with Gasteiger partial charge in [-0.25, -0.2) is 14.4 Å². The predicted molar refractivity (Wildman–Crippen MR) is 126 cm³/mol. The Labute approximate surface area is 194 Å². The molecule has 3 atom stereocenters. The number of nitrogen functional groups attached to an aromatic ring is 1. The van der Waals surface area contributed by atoms with Crippen LogP contribution < -0.4 is 21.7 Å². The van der Waals surface area contributed by atoms with E-state index in [1.165, 1.54) is 17.4 Å². The van der Waals surface area contributed by atoms with Crippen molar-refractivity contribution in [3.8, 4) is 0 Å². The van der Waals surface area contributed by atoms with Crippen LogP contribution in [0, 0.1) is 18.7 Å². The Hall–Kier alpha value is -2.85. The Kier molecular flexibility index (Phi) is 5.65. The molecule has 1 aliphatic carbocycles. The van der Waals surface area contributed by atoms with E-state index in [4.69, 9.17) is 11.5 Å². The molecule has 2 aliphatic rings. The fourth-order valence-corrected chi connectivity index (χ4v) is 5.75. The molecular weight excluding hydrogens is 446 g/mol. The lowest BCUT2D eigenvalue weighted by Gasteiger charge is -2.27. The van der Waals surface area contributed by atoms with Crippen molar-refractivity contribution in [3.63, 3.8) is 0 Å². The van der Waals surface area contributed by atoms with Crippen LogP contribution in [0.2, 0.25) is 0 Å². The Morgan fingerprint density at radius 2 is 2.15 bits per heavy atom. The third-order valence-electron chi connectivity index (χ3n) is 6.59. The van der Waals surface area contributed by atoms with E-state index in [2.05, 4.69) is 15.3 Å². The van der Waals surface area contributed by atoms with Crippen LogP contribution in [-0.2, 0) is 12.8 Å². The molecule has 5 N–H and O–H groups in total. The van der Waals surface area contributed by atoms with Crippen molar-refractivity contribution in [1.29, 1.82) is 0 Å². The van der Waals surface area contributed by atoms with Gasteiger partial charge in [-0.3, -0.25) is 9.18 Å². The van der Waals surface area contributed by atoms with Crippen LogP contribution in [0.4, 0.5) is 20.3 Å². The molecular formula is C23H26F2N6OS. The number of thiophene rings is 1. The van der Waals surface area contributed by atoms with Gasteiger partial charge in [0, 0.05) is 47.9 Å². The van der Waals surface area contributed by atoms with Gasteiger partial charge < -0.3 is 21.7 Å². The molecule has 0 saturated carbocycles. The molecule has 3 aromatic heterocycles. The summed E-state index contributed by atoms with van der Waals surface area (Å²) in [5.41, 5.74) is 15.1. The Morgan fingerprint density at radius 1 is 1.33 bits per heavy atom. The number of carbonyl (C=O) groups is 1.